The molecule has 1 aromatic rings. The average Bonchev–Trinajstić information content (AvgIpc) is 1.94. The lowest BCUT2D eigenvalue weighted by Gasteiger charge is -1.98. The molecule has 0 aliphatic carbocycles. The van der Waals surface area contributed by atoms with E-state index in [0.29, 0.717) is 0 Å². The van der Waals surface area contributed by atoms with Crippen LogP contribution >= 0.6 is 0 Å². The van der Waals surface area contributed by atoms with Gasteiger partial charge in [0, 0.05) is 6.07 Å². The van der Waals surface area contributed by atoms with Gasteiger partial charge in [0.05, 0.1) is 4.90 Å². The summed E-state index contributed by atoms with van der Waals surface area (Å²) in [4.78, 5) is 0.278. The molecule has 4 N–H and O–H groups in total. The Labute approximate surface area is 65.9 Å². The highest BCUT2D eigenvalue weighted by Crippen LogP contribution is 2.25. The molecule has 0 spiro atoms. The molecule has 0 aliphatic rings. The lowest BCUT2D eigenvalue weighted by molar-refractivity contribution is 0.402. The van der Waals surface area contributed by atoms with Gasteiger partial charge in [-0.2, -0.15) is 0 Å². The van der Waals surface area contributed by atoms with Crippen LogP contribution in [-0.4, -0.2) is 14.4 Å². The monoisotopic (exact) mass is 173 g/mol. The Bertz CT molecular complexity index is 300. The first kappa shape index (κ1) is 8.03. The summed E-state index contributed by atoms with van der Waals surface area (Å²) in [6.45, 7) is 0. The number of rotatable bonds is 1. The van der Waals surface area contributed by atoms with Crippen molar-refractivity contribution < 1.29 is 14.4 Å². The topological polar surface area (TPSA) is 83.6 Å². The number of aromatic hydroxyl groups is 2. The fourth-order valence-corrected chi connectivity index (χ4v) is 1.06. The van der Waals surface area contributed by atoms with Crippen LogP contribution in [0.15, 0.2) is 23.1 Å². The molecule has 11 heavy (non-hydrogen) atoms. The van der Waals surface area contributed by atoms with Crippen molar-refractivity contribution in [3.05, 3.63) is 18.2 Å². The Morgan fingerprint density at radius 2 is 1.91 bits per heavy atom. The Morgan fingerprint density at radius 1 is 1.27 bits per heavy atom. The summed E-state index contributed by atoms with van der Waals surface area (Å²) in [7, 11) is -1.62. The third-order valence-electron chi connectivity index (χ3n) is 1.18. The van der Waals surface area contributed by atoms with Crippen LogP contribution in [0.5, 0.6) is 11.5 Å². The molecule has 0 radical (unpaired) electrons. The van der Waals surface area contributed by atoms with Gasteiger partial charge in [0.1, 0.15) is 11.0 Å². The first-order valence-corrected chi connectivity index (χ1v) is 4.00. The molecule has 0 bridgehead atoms. The normalized spacial score (nSPS) is 12.8. The minimum atomic E-state index is -1.62. The van der Waals surface area contributed by atoms with Crippen molar-refractivity contribution in [3.8, 4) is 11.5 Å². The van der Waals surface area contributed by atoms with Gasteiger partial charge in [-0.05, 0) is 12.1 Å². The largest absolute Gasteiger partial charge is 0.504 e. The molecule has 0 saturated carbocycles. The van der Waals surface area contributed by atoms with Crippen molar-refractivity contribution in [3.63, 3.8) is 0 Å². The maximum absolute atomic E-state index is 10.6. The smallest absolute Gasteiger partial charge is 0.158 e. The van der Waals surface area contributed by atoms with Gasteiger partial charge in [0.15, 0.2) is 11.5 Å². The second-order valence-electron chi connectivity index (χ2n) is 1.95. The molecule has 1 atom stereocenters. The van der Waals surface area contributed by atoms with Crippen molar-refractivity contribution in [2.75, 3.05) is 0 Å². The number of benzene rings is 1. The van der Waals surface area contributed by atoms with Gasteiger partial charge in [-0.1, -0.05) is 0 Å². The third kappa shape index (κ3) is 1.69. The highest BCUT2D eigenvalue weighted by Gasteiger charge is 2.02. The van der Waals surface area contributed by atoms with Gasteiger partial charge < -0.3 is 10.2 Å². The zero-order valence-corrected chi connectivity index (χ0v) is 6.34. The quantitative estimate of drug-likeness (QED) is 0.526. The molecule has 0 aliphatic heterocycles. The number of hydrogen-bond acceptors (Lipinski definition) is 3. The fourth-order valence-electron chi connectivity index (χ4n) is 0.628. The second-order valence-corrected chi connectivity index (χ2v) is 3.01. The highest BCUT2D eigenvalue weighted by atomic mass is 32.2. The first-order chi connectivity index (χ1) is 5.11. The standard InChI is InChI=1S/C6H7NO3S/c7-11(10)4-1-2-5(8)6(9)3-4/h1-3,8-9H,7H2. The predicted octanol–water partition coefficient (Wildman–Crippen LogP) is 0.0791. The molecule has 1 aromatic carbocycles. The fraction of sp³-hybridized carbons (Fsp3) is 0. The van der Waals surface area contributed by atoms with Gasteiger partial charge >= 0.3 is 0 Å². The van der Waals surface area contributed by atoms with Crippen LogP contribution in [-0.2, 0) is 11.0 Å². The van der Waals surface area contributed by atoms with Crippen LogP contribution in [0.1, 0.15) is 0 Å². The minimum absolute atomic E-state index is 0.251. The molecular formula is C6H7NO3S. The lowest BCUT2D eigenvalue weighted by atomic mass is 10.3. The molecule has 0 amide bonds. The Balaban J connectivity index is 3.15. The highest BCUT2D eigenvalue weighted by molar-refractivity contribution is 7.82. The lowest BCUT2D eigenvalue weighted by Crippen LogP contribution is -2.01. The van der Waals surface area contributed by atoms with E-state index in [4.69, 9.17) is 15.4 Å². The van der Waals surface area contributed by atoms with E-state index in [1.54, 1.807) is 0 Å². The zero-order valence-electron chi connectivity index (χ0n) is 5.52. The SMILES string of the molecule is NS(=O)c1ccc(O)c(O)c1. The number of nitrogens with two attached hydrogens (primary N) is 1. The zero-order chi connectivity index (χ0) is 8.43. The molecule has 1 rings (SSSR count). The molecule has 1 unspecified atom stereocenters. The molecule has 4 nitrogen and oxygen atoms in total. The molecule has 60 valence electrons. The van der Waals surface area contributed by atoms with E-state index < -0.39 is 11.0 Å². The third-order valence-corrected chi connectivity index (χ3v) is 1.90. The van der Waals surface area contributed by atoms with Crippen molar-refractivity contribution in [1.82, 2.24) is 0 Å². The van der Waals surface area contributed by atoms with Gasteiger partial charge in [0.2, 0.25) is 0 Å². The van der Waals surface area contributed by atoms with Crippen LogP contribution in [0.3, 0.4) is 0 Å². The molecule has 0 heterocycles. The van der Waals surface area contributed by atoms with Crippen LogP contribution < -0.4 is 5.14 Å². The Kier molecular flexibility index (Phi) is 2.11. The van der Waals surface area contributed by atoms with E-state index in [9.17, 15) is 4.21 Å². The van der Waals surface area contributed by atoms with Crippen LogP contribution in [0, 0.1) is 0 Å². The first-order valence-electron chi connectivity index (χ1n) is 2.79. The maximum Gasteiger partial charge on any atom is 0.158 e. The van der Waals surface area contributed by atoms with Crippen LogP contribution in [0.4, 0.5) is 0 Å². The number of hydrogen-bond donors (Lipinski definition) is 3. The van der Waals surface area contributed by atoms with E-state index in [1.165, 1.54) is 12.1 Å². The number of phenols is 2. The van der Waals surface area contributed by atoms with Gasteiger partial charge in [-0.3, -0.25) is 0 Å². The van der Waals surface area contributed by atoms with Crippen LogP contribution in [0.25, 0.3) is 0 Å². The minimum Gasteiger partial charge on any atom is -0.504 e. The van der Waals surface area contributed by atoms with Crippen molar-refractivity contribution >= 4 is 11.0 Å². The summed E-state index contributed by atoms with van der Waals surface area (Å²) >= 11 is 0. The molecule has 5 heteroatoms. The van der Waals surface area contributed by atoms with Gasteiger partial charge in [-0.15, -0.1) is 0 Å². The average molecular weight is 173 g/mol. The van der Waals surface area contributed by atoms with Crippen molar-refractivity contribution in [2.45, 2.75) is 4.90 Å². The Morgan fingerprint density at radius 3 is 2.36 bits per heavy atom. The summed E-state index contributed by atoms with van der Waals surface area (Å²) in [5.74, 6) is -0.569. The second kappa shape index (κ2) is 2.89. The summed E-state index contributed by atoms with van der Waals surface area (Å²) in [5, 5.41) is 22.8. The van der Waals surface area contributed by atoms with E-state index in [1.807, 2.05) is 0 Å². The van der Waals surface area contributed by atoms with Gasteiger partial charge in [0.25, 0.3) is 0 Å². The maximum atomic E-state index is 10.6. The van der Waals surface area contributed by atoms with E-state index in [-0.39, 0.29) is 16.4 Å². The van der Waals surface area contributed by atoms with Gasteiger partial charge in [-0.25, -0.2) is 9.35 Å². The summed E-state index contributed by atoms with van der Waals surface area (Å²) in [6, 6.07) is 3.77. The molecular weight excluding hydrogens is 166 g/mol. The summed E-state index contributed by atoms with van der Waals surface area (Å²) < 4.78 is 10.6. The van der Waals surface area contributed by atoms with Crippen LogP contribution in [0.2, 0.25) is 0 Å². The molecule has 0 fully saturated rings. The summed E-state index contributed by atoms with van der Waals surface area (Å²) in [5.41, 5.74) is 0. The van der Waals surface area contributed by atoms with E-state index in [2.05, 4.69) is 0 Å². The molecule has 0 aromatic heterocycles. The number of phenolic OH excluding ortho intramolecular Hbond substituents is 2. The van der Waals surface area contributed by atoms with E-state index >= 15 is 0 Å². The van der Waals surface area contributed by atoms with E-state index in [0.717, 1.165) is 6.07 Å². The Hall–Kier alpha value is -1.07. The van der Waals surface area contributed by atoms with Crippen molar-refractivity contribution in [1.29, 1.82) is 0 Å². The predicted molar refractivity (Wildman–Crippen MR) is 40.4 cm³/mol. The summed E-state index contributed by atoms with van der Waals surface area (Å²) in [6.07, 6.45) is 0. The van der Waals surface area contributed by atoms with Crippen molar-refractivity contribution in [2.24, 2.45) is 5.14 Å². The molecule has 0 saturated heterocycles.